The molecule has 2 aliphatic heterocycles. The van der Waals surface area contributed by atoms with E-state index in [9.17, 15) is 22.0 Å². The number of hydrogen-bond acceptors (Lipinski definition) is 5. The number of hydrogen-bond donors (Lipinski definition) is 1. The normalized spacial score (nSPS) is 21.1. The summed E-state index contributed by atoms with van der Waals surface area (Å²) in [5.41, 5.74) is 1.33. The van der Waals surface area contributed by atoms with Gasteiger partial charge in [-0.3, -0.25) is 4.79 Å². The molecule has 3 aliphatic rings. The lowest BCUT2D eigenvalue weighted by Crippen LogP contribution is -2.49. The van der Waals surface area contributed by atoms with Crippen molar-refractivity contribution in [2.75, 3.05) is 31.1 Å². The maximum Gasteiger partial charge on any atom is 0.304 e. The van der Waals surface area contributed by atoms with Gasteiger partial charge in [0.1, 0.15) is 23.5 Å². The van der Waals surface area contributed by atoms with E-state index in [1.165, 1.54) is 24.3 Å². The van der Waals surface area contributed by atoms with Crippen LogP contribution in [0.3, 0.4) is 0 Å². The Morgan fingerprint density at radius 3 is 2.38 bits per heavy atom. The molecular formula is C24H27F2N3O4S. The number of carbonyl (C=O) groups is 1. The van der Waals surface area contributed by atoms with E-state index in [1.807, 2.05) is 4.72 Å². The highest BCUT2D eigenvalue weighted by Crippen LogP contribution is 2.45. The van der Waals surface area contributed by atoms with Gasteiger partial charge in [-0.25, -0.2) is 13.5 Å². The minimum absolute atomic E-state index is 0.158. The summed E-state index contributed by atoms with van der Waals surface area (Å²) in [6.45, 7) is 2.09. The first-order valence-corrected chi connectivity index (χ1v) is 13.1. The van der Waals surface area contributed by atoms with Crippen molar-refractivity contribution < 1.29 is 26.7 Å². The molecule has 2 aromatic rings. The van der Waals surface area contributed by atoms with E-state index < -0.39 is 21.9 Å². The summed E-state index contributed by atoms with van der Waals surface area (Å²) in [6, 6.07) is 8.95. The molecule has 0 unspecified atom stereocenters. The molecule has 0 spiro atoms. The molecule has 10 heteroatoms. The number of anilines is 1. The molecule has 0 radical (unpaired) electrons. The standard InChI is InChI=1S/C24H27F2N3O4S/c25-17-6-8-18(9-7-17)28-10-1-3-19(15-28)33-23-14-22(26)21(13-20(23)16-4-5-16)24(30)27-34(31,32)29-11-2-12-29/h6-9,13-14,16,19H,1-5,10-12,15H2,(H,27,30)/t19-/m1/s1. The second-order valence-corrected chi connectivity index (χ2v) is 10.8. The van der Waals surface area contributed by atoms with Gasteiger partial charge in [-0.2, -0.15) is 12.7 Å². The Labute approximate surface area is 197 Å². The average molecular weight is 492 g/mol. The van der Waals surface area contributed by atoms with Gasteiger partial charge in [0, 0.05) is 31.4 Å². The van der Waals surface area contributed by atoms with E-state index in [-0.39, 0.29) is 23.4 Å². The predicted octanol–water partition coefficient (Wildman–Crippen LogP) is 3.57. The molecule has 182 valence electrons. The van der Waals surface area contributed by atoms with E-state index in [0.717, 1.165) is 54.2 Å². The largest absolute Gasteiger partial charge is 0.488 e. The number of carbonyl (C=O) groups excluding carboxylic acids is 1. The van der Waals surface area contributed by atoms with Crippen molar-refractivity contribution in [1.29, 1.82) is 0 Å². The highest BCUT2D eigenvalue weighted by atomic mass is 32.2. The molecule has 0 bridgehead atoms. The summed E-state index contributed by atoms with van der Waals surface area (Å²) < 4.78 is 62.1. The Bertz CT molecular complexity index is 1180. The average Bonchev–Trinajstić information content (AvgIpc) is 3.58. The first kappa shape index (κ1) is 23.0. The minimum Gasteiger partial charge on any atom is -0.488 e. The molecule has 7 nitrogen and oxygen atoms in total. The van der Waals surface area contributed by atoms with Crippen LogP contribution in [0.2, 0.25) is 0 Å². The van der Waals surface area contributed by atoms with Crippen molar-refractivity contribution in [2.24, 2.45) is 0 Å². The van der Waals surface area contributed by atoms with Gasteiger partial charge in [-0.15, -0.1) is 0 Å². The van der Waals surface area contributed by atoms with Crippen LogP contribution in [0.15, 0.2) is 36.4 Å². The van der Waals surface area contributed by atoms with Crippen LogP contribution in [-0.2, 0) is 10.2 Å². The highest BCUT2D eigenvalue weighted by molar-refractivity contribution is 7.87. The zero-order chi connectivity index (χ0) is 23.9. The molecule has 1 amide bonds. The fourth-order valence-corrected chi connectivity index (χ4v) is 5.64. The van der Waals surface area contributed by atoms with E-state index in [1.54, 1.807) is 12.1 Å². The molecule has 0 aromatic heterocycles. The molecular weight excluding hydrogens is 464 g/mol. The third-order valence-electron chi connectivity index (χ3n) is 6.60. The second-order valence-electron chi connectivity index (χ2n) is 9.14. The van der Waals surface area contributed by atoms with E-state index in [4.69, 9.17) is 4.74 Å². The molecule has 1 N–H and O–H groups in total. The molecule has 2 aromatic carbocycles. The smallest absolute Gasteiger partial charge is 0.304 e. The Hall–Kier alpha value is -2.72. The first-order valence-electron chi connectivity index (χ1n) is 11.6. The van der Waals surface area contributed by atoms with Crippen LogP contribution >= 0.6 is 0 Å². The van der Waals surface area contributed by atoms with Crippen molar-refractivity contribution in [3.05, 3.63) is 59.2 Å². The maximum atomic E-state index is 15.0. The molecule has 3 fully saturated rings. The Balaban J connectivity index is 1.33. The van der Waals surface area contributed by atoms with Gasteiger partial charge >= 0.3 is 10.2 Å². The molecule has 1 atom stereocenters. The Morgan fingerprint density at radius 1 is 1.00 bits per heavy atom. The summed E-state index contributed by atoms with van der Waals surface area (Å²) in [5, 5.41) is 0. The van der Waals surface area contributed by atoms with Gasteiger partial charge in [0.05, 0.1) is 12.1 Å². The third-order valence-corrected chi connectivity index (χ3v) is 8.09. The molecule has 5 rings (SSSR count). The number of nitrogens with zero attached hydrogens (tertiary/aromatic N) is 2. The van der Waals surface area contributed by atoms with Gasteiger partial charge in [0.15, 0.2) is 0 Å². The number of amides is 1. The highest BCUT2D eigenvalue weighted by Gasteiger charge is 2.33. The van der Waals surface area contributed by atoms with Gasteiger partial charge in [-0.05, 0) is 73.9 Å². The van der Waals surface area contributed by atoms with Crippen LogP contribution in [0.25, 0.3) is 0 Å². The van der Waals surface area contributed by atoms with Crippen molar-refractivity contribution in [1.82, 2.24) is 9.03 Å². The van der Waals surface area contributed by atoms with Gasteiger partial charge in [0.2, 0.25) is 0 Å². The zero-order valence-corrected chi connectivity index (χ0v) is 19.5. The van der Waals surface area contributed by atoms with E-state index in [2.05, 4.69) is 4.90 Å². The Morgan fingerprint density at radius 2 is 1.74 bits per heavy atom. The molecule has 34 heavy (non-hydrogen) atoms. The van der Waals surface area contributed by atoms with Crippen LogP contribution in [0.4, 0.5) is 14.5 Å². The van der Waals surface area contributed by atoms with Crippen LogP contribution < -0.4 is 14.4 Å². The van der Waals surface area contributed by atoms with Gasteiger partial charge in [0.25, 0.3) is 5.91 Å². The summed E-state index contributed by atoms with van der Waals surface area (Å²) >= 11 is 0. The number of ether oxygens (including phenoxy) is 1. The van der Waals surface area contributed by atoms with Gasteiger partial charge < -0.3 is 9.64 Å². The monoisotopic (exact) mass is 491 g/mol. The van der Waals surface area contributed by atoms with Crippen LogP contribution in [-0.4, -0.2) is 50.9 Å². The molecule has 1 aliphatic carbocycles. The number of halogens is 2. The number of nitrogens with one attached hydrogen (secondary N) is 1. The van der Waals surface area contributed by atoms with Crippen LogP contribution in [0, 0.1) is 11.6 Å². The number of rotatable bonds is 7. The van der Waals surface area contributed by atoms with Crippen molar-refractivity contribution >= 4 is 21.8 Å². The lowest BCUT2D eigenvalue weighted by molar-refractivity contribution is 0.0973. The maximum absolute atomic E-state index is 15.0. The number of piperidine rings is 1. The fourth-order valence-electron chi connectivity index (χ4n) is 4.43. The van der Waals surface area contributed by atoms with Crippen LogP contribution in [0.1, 0.15) is 53.9 Å². The topological polar surface area (TPSA) is 79.0 Å². The minimum atomic E-state index is -3.97. The first-order chi connectivity index (χ1) is 16.3. The fraction of sp³-hybridized carbons (Fsp3) is 0.458. The predicted molar refractivity (Wildman–Crippen MR) is 123 cm³/mol. The second kappa shape index (κ2) is 9.14. The molecule has 2 heterocycles. The number of benzene rings is 2. The zero-order valence-electron chi connectivity index (χ0n) is 18.7. The lowest BCUT2D eigenvalue weighted by Gasteiger charge is -2.35. The van der Waals surface area contributed by atoms with Crippen molar-refractivity contribution in [3.63, 3.8) is 0 Å². The van der Waals surface area contributed by atoms with Crippen molar-refractivity contribution in [2.45, 2.75) is 44.1 Å². The molecule has 1 saturated carbocycles. The Kier molecular flexibility index (Phi) is 6.20. The van der Waals surface area contributed by atoms with E-state index >= 15 is 0 Å². The van der Waals surface area contributed by atoms with E-state index in [0.29, 0.717) is 25.4 Å². The van der Waals surface area contributed by atoms with Crippen molar-refractivity contribution in [3.8, 4) is 5.75 Å². The summed E-state index contributed by atoms with van der Waals surface area (Å²) in [6.07, 6.45) is 4.02. The van der Waals surface area contributed by atoms with Crippen LogP contribution in [0.5, 0.6) is 5.75 Å². The van der Waals surface area contributed by atoms with Gasteiger partial charge in [-0.1, -0.05) is 0 Å². The molecule has 2 saturated heterocycles. The third kappa shape index (κ3) is 4.88. The summed E-state index contributed by atoms with van der Waals surface area (Å²) in [5.74, 6) is -1.53. The lowest BCUT2D eigenvalue weighted by atomic mass is 10.0. The SMILES string of the molecule is O=C(NS(=O)(=O)N1CCC1)c1cc(C2CC2)c(O[C@@H]2CCCN(c3ccc(F)cc3)C2)cc1F. The summed E-state index contributed by atoms with van der Waals surface area (Å²) in [7, 11) is -3.97. The quantitative estimate of drug-likeness (QED) is 0.641. The summed E-state index contributed by atoms with van der Waals surface area (Å²) in [4.78, 5) is 14.7.